The Hall–Kier alpha value is -1.36. The quantitative estimate of drug-likeness (QED) is 0.817. The molecule has 88 valence electrons. The fourth-order valence-corrected chi connectivity index (χ4v) is 1.40. The number of hydrogen-bond donors (Lipinski definition) is 1. The van der Waals surface area contributed by atoms with Crippen LogP contribution >= 0.6 is 0 Å². The van der Waals surface area contributed by atoms with Crippen LogP contribution in [0.2, 0.25) is 0 Å². The average Bonchev–Trinajstić information content (AvgIpc) is 2.20. The lowest BCUT2D eigenvalue weighted by Gasteiger charge is -2.26. The van der Waals surface area contributed by atoms with E-state index >= 15 is 0 Å². The number of rotatable bonds is 5. The van der Waals surface area contributed by atoms with Crippen molar-refractivity contribution < 1.29 is 9.47 Å². The molecule has 0 bridgehead atoms. The van der Waals surface area contributed by atoms with E-state index in [1.54, 1.807) is 0 Å². The minimum absolute atomic E-state index is 0.147. The van der Waals surface area contributed by atoms with Crippen LogP contribution in [-0.2, 0) is 4.74 Å². The van der Waals surface area contributed by atoms with E-state index in [-0.39, 0.29) is 6.10 Å². The van der Waals surface area contributed by atoms with Gasteiger partial charge >= 0.3 is 0 Å². The molecule has 16 heavy (non-hydrogen) atoms. The van der Waals surface area contributed by atoms with Crippen LogP contribution in [-0.4, -0.2) is 35.8 Å². The first kappa shape index (κ1) is 11.1. The molecule has 0 aromatic carbocycles. The molecular formula is C11H17N3O2. The summed E-state index contributed by atoms with van der Waals surface area (Å²) >= 11 is 0. The summed E-state index contributed by atoms with van der Waals surface area (Å²) in [6, 6.07) is 1.83. The predicted molar refractivity (Wildman–Crippen MR) is 60.8 cm³/mol. The van der Waals surface area contributed by atoms with Crippen LogP contribution < -0.4 is 10.1 Å². The van der Waals surface area contributed by atoms with Gasteiger partial charge < -0.3 is 14.8 Å². The van der Waals surface area contributed by atoms with Crippen molar-refractivity contribution in [1.29, 1.82) is 0 Å². The smallest absolute Gasteiger partial charge is 0.219 e. The molecule has 5 heteroatoms. The molecule has 1 aliphatic rings. The van der Waals surface area contributed by atoms with Crippen molar-refractivity contribution in [3.63, 3.8) is 0 Å². The van der Waals surface area contributed by atoms with E-state index < -0.39 is 0 Å². The third kappa shape index (κ3) is 2.82. The third-order valence-corrected chi connectivity index (χ3v) is 2.27. The van der Waals surface area contributed by atoms with Gasteiger partial charge in [-0.05, 0) is 13.3 Å². The number of anilines is 1. The fraction of sp³-hybridized carbons (Fsp3) is 0.636. The van der Waals surface area contributed by atoms with Gasteiger partial charge in [0, 0.05) is 12.6 Å². The summed E-state index contributed by atoms with van der Waals surface area (Å²) < 4.78 is 10.7. The number of hydrogen-bond acceptors (Lipinski definition) is 5. The zero-order chi connectivity index (χ0) is 11.4. The Morgan fingerprint density at radius 2 is 2.31 bits per heavy atom. The summed E-state index contributed by atoms with van der Waals surface area (Å²) in [6.45, 7) is 6.19. The molecule has 1 saturated heterocycles. The molecule has 1 aromatic rings. The summed E-state index contributed by atoms with van der Waals surface area (Å²) in [6.07, 6.45) is 1.21. The Labute approximate surface area is 95.2 Å². The molecule has 1 N–H and O–H groups in total. The van der Waals surface area contributed by atoms with Crippen LogP contribution in [0.5, 0.6) is 5.88 Å². The highest BCUT2D eigenvalue weighted by Gasteiger charge is 2.20. The van der Waals surface area contributed by atoms with Gasteiger partial charge in [0.2, 0.25) is 5.88 Å². The topological polar surface area (TPSA) is 56.3 Å². The predicted octanol–water partition coefficient (Wildman–Crippen LogP) is 1.38. The number of aromatic nitrogens is 2. The average molecular weight is 223 g/mol. The Kier molecular flexibility index (Phi) is 3.56. The summed E-state index contributed by atoms with van der Waals surface area (Å²) in [5, 5.41) is 3.22. The second-order valence-electron chi connectivity index (χ2n) is 3.84. The molecule has 0 saturated carbocycles. The lowest BCUT2D eigenvalue weighted by molar-refractivity contribution is -0.0814. The van der Waals surface area contributed by atoms with E-state index in [0.717, 1.165) is 24.6 Å². The summed E-state index contributed by atoms with van der Waals surface area (Å²) in [5.41, 5.74) is 0. The summed E-state index contributed by atoms with van der Waals surface area (Å²) in [4.78, 5) is 8.52. The number of nitrogens with zero attached hydrogens (tertiary/aromatic N) is 2. The molecule has 0 amide bonds. The SMILES string of the molecule is CCCNc1cc(OC2COC2)nc(C)n1. The van der Waals surface area contributed by atoms with Crippen LogP contribution in [0.25, 0.3) is 0 Å². The largest absolute Gasteiger partial charge is 0.469 e. The van der Waals surface area contributed by atoms with Gasteiger partial charge in [-0.1, -0.05) is 6.92 Å². The molecule has 0 spiro atoms. The minimum Gasteiger partial charge on any atom is -0.469 e. The van der Waals surface area contributed by atoms with E-state index in [1.165, 1.54) is 0 Å². The molecule has 1 aliphatic heterocycles. The van der Waals surface area contributed by atoms with E-state index in [1.807, 2.05) is 13.0 Å². The molecular weight excluding hydrogens is 206 g/mol. The Balaban J connectivity index is 2.02. The van der Waals surface area contributed by atoms with Gasteiger partial charge in [0.1, 0.15) is 17.7 Å². The van der Waals surface area contributed by atoms with E-state index in [0.29, 0.717) is 19.1 Å². The second kappa shape index (κ2) is 5.12. The van der Waals surface area contributed by atoms with Gasteiger partial charge in [0.15, 0.2) is 0 Å². The summed E-state index contributed by atoms with van der Waals surface area (Å²) in [7, 11) is 0. The third-order valence-electron chi connectivity index (χ3n) is 2.27. The van der Waals surface area contributed by atoms with Gasteiger partial charge in [-0.15, -0.1) is 0 Å². The standard InChI is InChI=1S/C11H17N3O2/c1-3-4-12-10-5-11(14-8(2)13-10)16-9-6-15-7-9/h5,9H,3-4,6-7H2,1-2H3,(H,12,13,14). The molecule has 1 aromatic heterocycles. The molecule has 0 atom stereocenters. The minimum atomic E-state index is 0.147. The Bertz CT molecular complexity index is 353. The molecule has 0 radical (unpaired) electrons. The molecule has 2 heterocycles. The Morgan fingerprint density at radius 1 is 1.50 bits per heavy atom. The van der Waals surface area contributed by atoms with Crippen molar-refractivity contribution in [3.8, 4) is 5.88 Å². The maximum absolute atomic E-state index is 5.64. The van der Waals surface area contributed by atoms with E-state index in [4.69, 9.17) is 9.47 Å². The van der Waals surface area contributed by atoms with Crippen LogP contribution in [0.3, 0.4) is 0 Å². The van der Waals surface area contributed by atoms with Gasteiger partial charge in [-0.2, -0.15) is 4.98 Å². The maximum Gasteiger partial charge on any atom is 0.219 e. The van der Waals surface area contributed by atoms with E-state index in [2.05, 4.69) is 22.2 Å². The fourth-order valence-electron chi connectivity index (χ4n) is 1.40. The number of ether oxygens (including phenoxy) is 2. The van der Waals surface area contributed by atoms with E-state index in [9.17, 15) is 0 Å². The van der Waals surface area contributed by atoms with Crippen molar-refractivity contribution >= 4 is 5.82 Å². The first-order valence-corrected chi connectivity index (χ1v) is 5.62. The second-order valence-corrected chi connectivity index (χ2v) is 3.84. The normalized spacial score (nSPS) is 15.6. The first-order valence-electron chi connectivity index (χ1n) is 5.62. The molecule has 1 fully saturated rings. The Morgan fingerprint density at radius 3 is 2.94 bits per heavy atom. The monoisotopic (exact) mass is 223 g/mol. The highest BCUT2D eigenvalue weighted by Crippen LogP contribution is 2.17. The lowest BCUT2D eigenvalue weighted by atomic mass is 10.3. The van der Waals surface area contributed by atoms with Gasteiger partial charge in [0.25, 0.3) is 0 Å². The van der Waals surface area contributed by atoms with Gasteiger partial charge in [0.05, 0.1) is 13.2 Å². The van der Waals surface area contributed by atoms with Crippen molar-refractivity contribution in [3.05, 3.63) is 11.9 Å². The first-order chi connectivity index (χ1) is 7.78. The zero-order valence-electron chi connectivity index (χ0n) is 9.69. The highest BCUT2D eigenvalue weighted by atomic mass is 16.6. The molecule has 0 aliphatic carbocycles. The lowest BCUT2D eigenvalue weighted by Crippen LogP contribution is -2.38. The maximum atomic E-state index is 5.64. The molecule has 2 rings (SSSR count). The van der Waals surface area contributed by atoms with Gasteiger partial charge in [-0.3, -0.25) is 0 Å². The zero-order valence-corrected chi connectivity index (χ0v) is 9.69. The van der Waals surface area contributed by atoms with Crippen LogP contribution in [0.4, 0.5) is 5.82 Å². The van der Waals surface area contributed by atoms with Crippen molar-refractivity contribution in [1.82, 2.24) is 9.97 Å². The highest BCUT2D eigenvalue weighted by molar-refractivity contribution is 5.38. The van der Waals surface area contributed by atoms with Crippen LogP contribution in [0.15, 0.2) is 6.07 Å². The van der Waals surface area contributed by atoms with Crippen LogP contribution in [0.1, 0.15) is 19.2 Å². The van der Waals surface area contributed by atoms with Crippen LogP contribution in [0, 0.1) is 6.92 Å². The molecule has 0 unspecified atom stereocenters. The van der Waals surface area contributed by atoms with Crippen molar-refractivity contribution in [2.75, 3.05) is 25.1 Å². The van der Waals surface area contributed by atoms with Crippen molar-refractivity contribution in [2.24, 2.45) is 0 Å². The van der Waals surface area contributed by atoms with Crippen molar-refractivity contribution in [2.45, 2.75) is 26.4 Å². The summed E-state index contributed by atoms with van der Waals surface area (Å²) in [5.74, 6) is 2.17. The molecule has 5 nitrogen and oxygen atoms in total. The van der Waals surface area contributed by atoms with Gasteiger partial charge in [-0.25, -0.2) is 4.98 Å². The number of aryl methyl sites for hydroxylation is 1. The number of nitrogens with one attached hydrogen (secondary N) is 1.